The zero-order valence-corrected chi connectivity index (χ0v) is 15.9. The van der Waals surface area contributed by atoms with Crippen LogP contribution in [0.15, 0.2) is 77.3 Å². The van der Waals surface area contributed by atoms with E-state index < -0.39 is 0 Å². The smallest absolute Gasteiger partial charge is 0.258 e. The van der Waals surface area contributed by atoms with Crippen molar-refractivity contribution in [3.8, 4) is 0 Å². The number of benzene rings is 3. The van der Waals surface area contributed by atoms with Crippen LogP contribution in [0.25, 0.3) is 11.3 Å². The van der Waals surface area contributed by atoms with Gasteiger partial charge in [0.25, 0.3) is 5.91 Å². The maximum absolute atomic E-state index is 12.7. The van der Waals surface area contributed by atoms with Gasteiger partial charge in [-0.25, -0.2) is 0 Å². The van der Waals surface area contributed by atoms with E-state index in [4.69, 9.17) is 11.6 Å². The van der Waals surface area contributed by atoms with Crippen LogP contribution in [-0.2, 0) is 4.79 Å². The summed E-state index contributed by atoms with van der Waals surface area (Å²) < 4.78 is 0.996. The number of fused-ring (bicyclic) bond motifs is 1. The Hall–Kier alpha value is -2.56. The second-order valence-corrected chi connectivity index (χ2v) is 7.24. The predicted octanol–water partition coefficient (Wildman–Crippen LogP) is 6.04. The summed E-state index contributed by atoms with van der Waals surface area (Å²) in [4.78, 5) is 12.7. The van der Waals surface area contributed by atoms with Crippen LogP contribution in [0.3, 0.4) is 0 Å². The van der Waals surface area contributed by atoms with Crippen LogP contribution in [0.1, 0.15) is 11.1 Å². The fourth-order valence-corrected chi connectivity index (χ4v) is 3.39. The van der Waals surface area contributed by atoms with Crippen molar-refractivity contribution >= 4 is 56.1 Å². The Morgan fingerprint density at radius 2 is 1.69 bits per heavy atom. The van der Waals surface area contributed by atoms with Gasteiger partial charge in [0.05, 0.1) is 17.0 Å². The number of nitrogens with one attached hydrogen (secondary N) is 2. The third-order valence-electron chi connectivity index (χ3n) is 4.15. The standard InChI is InChI=1S/C21H14BrClN2O/c22-14-6-9-16(10-7-14)24-20(13-4-2-1-3-5-13)19-17-11-8-15(23)12-18(17)25-21(19)26/h1-12,24H,(H,25,26). The molecule has 0 saturated heterocycles. The van der Waals surface area contributed by atoms with Crippen LogP contribution in [-0.4, -0.2) is 5.91 Å². The van der Waals surface area contributed by atoms with Gasteiger partial charge in [0, 0.05) is 20.7 Å². The molecule has 1 aliphatic heterocycles. The van der Waals surface area contributed by atoms with Gasteiger partial charge in [-0.1, -0.05) is 63.9 Å². The number of hydrogen-bond donors (Lipinski definition) is 2. The van der Waals surface area contributed by atoms with E-state index in [2.05, 4.69) is 26.6 Å². The normalized spacial score (nSPS) is 14.6. The molecule has 26 heavy (non-hydrogen) atoms. The average molecular weight is 426 g/mol. The molecule has 0 radical (unpaired) electrons. The quantitative estimate of drug-likeness (QED) is 0.503. The van der Waals surface area contributed by atoms with Crippen LogP contribution >= 0.6 is 27.5 Å². The van der Waals surface area contributed by atoms with Crippen molar-refractivity contribution in [1.29, 1.82) is 0 Å². The molecule has 1 aliphatic rings. The summed E-state index contributed by atoms with van der Waals surface area (Å²) in [5, 5.41) is 6.91. The second-order valence-electron chi connectivity index (χ2n) is 5.89. The van der Waals surface area contributed by atoms with Gasteiger partial charge < -0.3 is 10.6 Å². The van der Waals surface area contributed by atoms with E-state index in [0.717, 1.165) is 32.7 Å². The van der Waals surface area contributed by atoms with E-state index in [1.807, 2.05) is 60.7 Å². The van der Waals surface area contributed by atoms with Gasteiger partial charge in [-0.3, -0.25) is 4.79 Å². The molecular formula is C21H14BrClN2O. The molecule has 128 valence electrons. The van der Waals surface area contributed by atoms with Crippen LogP contribution in [0.5, 0.6) is 0 Å². The van der Waals surface area contributed by atoms with Gasteiger partial charge in [0.15, 0.2) is 0 Å². The van der Waals surface area contributed by atoms with Gasteiger partial charge in [-0.05, 0) is 42.0 Å². The third kappa shape index (κ3) is 3.26. The fraction of sp³-hybridized carbons (Fsp3) is 0. The van der Waals surface area contributed by atoms with Gasteiger partial charge in [0.2, 0.25) is 0 Å². The minimum atomic E-state index is -0.147. The Bertz CT molecular complexity index is 1010. The molecule has 0 atom stereocenters. The molecule has 0 aromatic heterocycles. The lowest BCUT2D eigenvalue weighted by atomic mass is 10.00. The van der Waals surface area contributed by atoms with Crippen LogP contribution in [0.2, 0.25) is 5.02 Å². The molecule has 0 fully saturated rings. The Kier molecular flexibility index (Phi) is 4.53. The van der Waals surface area contributed by atoms with Gasteiger partial charge in [-0.2, -0.15) is 0 Å². The molecule has 5 heteroatoms. The van der Waals surface area contributed by atoms with Gasteiger partial charge >= 0.3 is 0 Å². The van der Waals surface area contributed by atoms with Crippen molar-refractivity contribution in [2.75, 3.05) is 10.6 Å². The molecule has 3 nitrogen and oxygen atoms in total. The summed E-state index contributed by atoms with van der Waals surface area (Å²) in [6, 6.07) is 23.1. The van der Waals surface area contributed by atoms with Crippen molar-refractivity contribution in [2.45, 2.75) is 0 Å². The Morgan fingerprint density at radius 3 is 2.42 bits per heavy atom. The molecule has 4 rings (SSSR count). The molecule has 0 bridgehead atoms. The average Bonchev–Trinajstić information content (AvgIpc) is 2.97. The molecule has 0 aliphatic carbocycles. The first kappa shape index (κ1) is 16.9. The minimum absolute atomic E-state index is 0.147. The van der Waals surface area contributed by atoms with Crippen LogP contribution < -0.4 is 10.6 Å². The number of amides is 1. The first-order valence-electron chi connectivity index (χ1n) is 8.05. The first-order valence-corrected chi connectivity index (χ1v) is 9.22. The highest BCUT2D eigenvalue weighted by molar-refractivity contribution is 9.10. The molecule has 3 aromatic rings. The Morgan fingerprint density at radius 1 is 0.962 bits per heavy atom. The summed E-state index contributed by atoms with van der Waals surface area (Å²) in [6.07, 6.45) is 0. The van der Waals surface area contributed by atoms with Crippen molar-refractivity contribution in [1.82, 2.24) is 0 Å². The highest BCUT2D eigenvalue weighted by atomic mass is 79.9. The van der Waals surface area contributed by atoms with Crippen LogP contribution in [0, 0.1) is 0 Å². The van der Waals surface area contributed by atoms with Crippen molar-refractivity contribution in [3.63, 3.8) is 0 Å². The lowest BCUT2D eigenvalue weighted by molar-refractivity contribution is -0.110. The van der Waals surface area contributed by atoms with Crippen molar-refractivity contribution in [3.05, 3.63) is 93.4 Å². The SMILES string of the molecule is O=C1Nc2cc(Cl)ccc2C1=C(Nc1ccc(Br)cc1)c1ccccc1. The second kappa shape index (κ2) is 6.98. The van der Waals surface area contributed by atoms with E-state index >= 15 is 0 Å². The zero-order chi connectivity index (χ0) is 18.1. The lowest BCUT2D eigenvalue weighted by Gasteiger charge is -2.15. The highest BCUT2D eigenvalue weighted by Crippen LogP contribution is 2.38. The largest absolute Gasteiger partial charge is 0.354 e. The lowest BCUT2D eigenvalue weighted by Crippen LogP contribution is -2.10. The summed E-state index contributed by atoms with van der Waals surface area (Å²) >= 11 is 9.52. The highest BCUT2D eigenvalue weighted by Gasteiger charge is 2.28. The minimum Gasteiger partial charge on any atom is -0.354 e. The molecule has 0 unspecified atom stereocenters. The number of carbonyl (C=O) groups excluding carboxylic acids is 1. The topological polar surface area (TPSA) is 41.1 Å². The summed E-state index contributed by atoms with van der Waals surface area (Å²) in [6.45, 7) is 0. The van der Waals surface area contributed by atoms with Crippen LogP contribution in [0.4, 0.5) is 11.4 Å². The van der Waals surface area contributed by atoms with E-state index in [-0.39, 0.29) is 5.91 Å². The molecule has 0 spiro atoms. The first-order chi connectivity index (χ1) is 12.6. The zero-order valence-electron chi connectivity index (χ0n) is 13.6. The number of anilines is 2. The Labute approximate surface area is 164 Å². The van der Waals surface area contributed by atoms with Gasteiger partial charge in [0.1, 0.15) is 0 Å². The maximum atomic E-state index is 12.7. The Balaban J connectivity index is 1.89. The monoisotopic (exact) mass is 424 g/mol. The molecule has 1 amide bonds. The van der Waals surface area contributed by atoms with Crippen molar-refractivity contribution in [2.24, 2.45) is 0 Å². The third-order valence-corrected chi connectivity index (χ3v) is 4.92. The fourth-order valence-electron chi connectivity index (χ4n) is 2.95. The van der Waals surface area contributed by atoms with Crippen molar-refractivity contribution < 1.29 is 4.79 Å². The molecule has 0 saturated carbocycles. The molecule has 2 N–H and O–H groups in total. The van der Waals surface area contributed by atoms with E-state index in [1.165, 1.54) is 0 Å². The van der Waals surface area contributed by atoms with E-state index in [1.54, 1.807) is 12.1 Å². The number of carbonyl (C=O) groups is 1. The molecular weight excluding hydrogens is 412 g/mol. The number of halogens is 2. The number of rotatable bonds is 3. The van der Waals surface area contributed by atoms with E-state index in [9.17, 15) is 4.79 Å². The number of hydrogen-bond acceptors (Lipinski definition) is 2. The molecule has 3 aromatic carbocycles. The van der Waals surface area contributed by atoms with Gasteiger partial charge in [-0.15, -0.1) is 0 Å². The van der Waals surface area contributed by atoms with E-state index in [0.29, 0.717) is 10.6 Å². The summed E-state index contributed by atoms with van der Waals surface area (Å²) in [5.74, 6) is -0.147. The predicted molar refractivity (Wildman–Crippen MR) is 111 cm³/mol. The molecule has 1 heterocycles. The maximum Gasteiger partial charge on any atom is 0.258 e. The summed E-state index contributed by atoms with van der Waals surface area (Å²) in [5.41, 5.74) is 4.75. The summed E-state index contributed by atoms with van der Waals surface area (Å²) in [7, 11) is 0.